The topological polar surface area (TPSA) is 115 Å². The van der Waals surface area contributed by atoms with Gasteiger partial charge in [0.25, 0.3) is 5.69 Å². The summed E-state index contributed by atoms with van der Waals surface area (Å²) in [5, 5.41) is 11.1. The van der Waals surface area contributed by atoms with E-state index in [-0.39, 0.29) is 5.69 Å². The van der Waals surface area contributed by atoms with Crippen molar-refractivity contribution in [3.8, 4) is 0 Å². The molecule has 1 amide bonds. The Bertz CT molecular complexity index is 630. The lowest BCUT2D eigenvalue weighted by atomic mass is 10.2. The third-order valence-corrected chi connectivity index (χ3v) is 2.17. The molecule has 2 aromatic heterocycles. The van der Waals surface area contributed by atoms with Crippen LogP contribution in [0.5, 0.6) is 0 Å². The molecule has 0 saturated heterocycles. The van der Waals surface area contributed by atoms with E-state index in [1.54, 1.807) is 6.07 Å². The van der Waals surface area contributed by atoms with Crippen LogP contribution in [0.3, 0.4) is 0 Å². The lowest BCUT2D eigenvalue weighted by molar-refractivity contribution is -0.383. The Morgan fingerprint density at radius 2 is 2.35 bits per heavy atom. The number of carbonyl (C=O) groups is 1. The fourth-order valence-electron chi connectivity index (χ4n) is 1.43. The van der Waals surface area contributed by atoms with E-state index in [0.717, 1.165) is 0 Å². The van der Waals surface area contributed by atoms with Crippen LogP contribution in [0.25, 0.3) is 17.1 Å². The maximum absolute atomic E-state index is 10.7. The average Bonchev–Trinajstić information content (AvgIpc) is 2.69. The van der Waals surface area contributed by atoms with Gasteiger partial charge in [0, 0.05) is 12.3 Å². The summed E-state index contributed by atoms with van der Waals surface area (Å²) in [7, 11) is 0. The predicted octanol–water partition coefficient (Wildman–Crippen LogP) is 0.970. The van der Waals surface area contributed by atoms with E-state index in [9.17, 15) is 14.9 Å². The standard InChI is InChI=1S/C10H8N4O3/c11-9(15)2-1-6-3-7-8(14(16)17)5-13-10(7)12-4-6/h1-5H,(H2,11,15)(H,12,13). The Balaban J connectivity index is 2.51. The Kier molecular flexibility index (Phi) is 2.57. The number of hydrogen-bond donors (Lipinski definition) is 2. The van der Waals surface area contributed by atoms with E-state index in [1.165, 1.54) is 24.5 Å². The summed E-state index contributed by atoms with van der Waals surface area (Å²) in [4.78, 5) is 27.5. The van der Waals surface area contributed by atoms with E-state index in [1.807, 2.05) is 0 Å². The molecule has 0 bridgehead atoms. The van der Waals surface area contributed by atoms with Crippen LogP contribution in [0.1, 0.15) is 5.56 Å². The van der Waals surface area contributed by atoms with Crippen LogP contribution in [0, 0.1) is 10.1 Å². The van der Waals surface area contributed by atoms with E-state index < -0.39 is 10.8 Å². The summed E-state index contributed by atoms with van der Waals surface area (Å²) in [6.45, 7) is 0. The normalized spacial score (nSPS) is 11.1. The number of H-pyrrole nitrogens is 1. The first kappa shape index (κ1) is 10.8. The molecule has 0 radical (unpaired) electrons. The fourth-order valence-corrected chi connectivity index (χ4v) is 1.43. The fraction of sp³-hybridized carbons (Fsp3) is 0. The molecule has 3 N–H and O–H groups in total. The first-order valence-electron chi connectivity index (χ1n) is 4.67. The zero-order chi connectivity index (χ0) is 12.4. The summed E-state index contributed by atoms with van der Waals surface area (Å²) < 4.78 is 0. The number of pyridine rings is 1. The van der Waals surface area contributed by atoms with Crippen LogP contribution >= 0.6 is 0 Å². The largest absolute Gasteiger partial charge is 0.366 e. The number of nitrogens with two attached hydrogens (primary N) is 1. The van der Waals surface area contributed by atoms with Gasteiger partial charge in [0.15, 0.2) is 0 Å². The van der Waals surface area contributed by atoms with Gasteiger partial charge in [-0.2, -0.15) is 0 Å². The van der Waals surface area contributed by atoms with Gasteiger partial charge in [0.2, 0.25) is 5.91 Å². The number of carbonyl (C=O) groups excluding carboxylic acids is 1. The van der Waals surface area contributed by atoms with E-state index in [0.29, 0.717) is 16.6 Å². The third-order valence-electron chi connectivity index (χ3n) is 2.17. The molecule has 0 aliphatic heterocycles. The molecule has 0 fully saturated rings. The van der Waals surface area contributed by atoms with E-state index in [2.05, 4.69) is 9.97 Å². The highest BCUT2D eigenvalue weighted by Crippen LogP contribution is 2.24. The molecule has 7 heteroatoms. The van der Waals surface area contributed by atoms with Crippen LogP contribution in [0.2, 0.25) is 0 Å². The zero-order valence-electron chi connectivity index (χ0n) is 8.58. The molecule has 2 heterocycles. The van der Waals surface area contributed by atoms with Gasteiger partial charge in [-0.3, -0.25) is 14.9 Å². The number of nitro groups is 1. The van der Waals surface area contributed by atoms with Crippen molar-refractivity contribution in [2.24, 2.45) is 5.73 Å². The van der Waals surface area contributed by atoms with Crippen molar-refractivity contribution in [1.29, 1.82) is 0 Å². The number of nitrogens with one attached hydrogen (secondary N) is 1. The number of amides is 1. The van der Waals surface area contributed by atoms with Gasteiger partial charge in [-0.1, -0.05) is 0 Å². The number of nitrogens with zero attached hydrogens (tertiary/aromatic N) is 2. The lowest BCUT2D eigenvalue weighted by Gasteiger charge is -1.93. The highest BCUT2D eigenvalue weighted by molar-refractivity contribution is 5.92. The minimum atomic E-state index is -0.589. The first-order valence-corrected chi connectivity index (χ1v) is 4.67. The molecule has 17 heavy (non-hydrogen) atoms. The van der Waals surface area contributed by atoms with Crippen LogP contribution in [-0.4, -0.2) is 20.8 Å². The second-order valence-electron chi connectivity index (χ2n) is 3.33. The second kappa shape index (κ2) is 4.05. The number of fused-ring (bicyclic) bond motifs is 1. The van der Waals surface area contributed by atoms with Crippen LogP contribution in [-0.2, 0) is 4.79 Å². The number of primary amides is 1. The predicted molar refractivity (Wildman–Crippen MR) is 61.0 cm³/mol. The van der Waals surface area contributed by atoms with Crippen LogP contribution < -0.4 is 5.73 Å². The quantitative estimate of drug-likeness (QED) is 0.466. The highest BCUT2D eigenvalue weighted by Gasteiger charge is 2.14. The van der Waals surface area contributed by atoms with Gasteiger partial charge in [0.1, 0.15) is 5.65 Å². The molecule has 0 aliphatic carbocycles. The van der Waals surface area contributed by atoms with Crippen molar-refractivity contribution in [2.75, 3.05) is 0 Å². The van der Waals surface area contributed by atoms with Crippen molar-refractivity contribution in [3.63, 3.8) is 0 Å². The smallest absolute Gasteiger partial charge is 0.296 e. The first-order chi connectivity index (χ1) is 8.08. The number of rotatable bonds is 3. The molecular formula is C10H8N4O3. The molecule has 0 saturated carbocycles. The Morgan fingerprint density at radius 1 is 1.59 bits per heavy atom. The molecule has 0 spiro atoms. The Labute approximate surface area is 95.1 Å². The SMILES string of the molecule is NC(=O)C=Cc1cnc2[nH]cc([N+](=O)[O-])c2c1. The molecule has 2 aromatic rings. The maximum atomic E-state index is 10.7. The second-order valence-corrected chi connectivity index (χ2v) is 3.33. The molecule has 0 atom stereocenters. The zero-order valence-corrected chi connectivity index (χ0v) is 8.58. The third kappa shape index (κ3) is 2.12. The minimum absolute atomic E-state index is 0.0539. The molecule has 0 aromatic carbocycles. The summed E-state index contributed by atoms with van der Waals surface area (Å²) in [5.41, 5.74) is 5.89. The van der Waals surface area contributed by atoms with Gasteiger partial charge < -0.3 is 10.7 Å². The number of hydrogen-bond acceptors (Lipinski definition) is 4. The van der Waals surface area contributed by atoms with Crippen LogP contribution in [0.4, 0.5) is 5.69 Å². The Morgan fingerprint density at radius 3 is 3.00 bits per heavy atom. The minimum Gasteiger partial charge on any atom is -0.366 e. The summed E-state index contributed by atoms with van der Waals surface area (Å²) >= 11 is 0. The molecule has 7 nitrogen and oxygen atoms in total. The summed E-state index contributed by atoms with van der Waals surface area (Å²) in [6, 6.07) is 1.57. The molecular weight excluding hydrogens is 224 g/mol. The molecule has 86 valence electrons. The van der Waals surface area contributed by atoms with Gasteiger partial charge >= 0.3 is 0 Å². The maximum Gasteiger partial charge on any atom is 0.296 e. The monoisotopic (exact) mass is 232 g/mol. The molecule has 2 rings (SSSR count). The van der Waals surface area contributed by atoms with Crippen molar-refractivity contribution in [3.05, 3.63) is 40.2 Å². The summed E-state index contributed by atoms with van der Waals surface area (Å²) in [5.74, 6) is -0.589. The van der Waals surface area contributed by atoms with Crippen LogP contribution in [0.15, 0.2) is 24.5 Å². The van der Waals surface area contributed by atoms with Gasteiger partial charge in [-0.15, -0.1) is 0 Å². The number of aromatic amines is 1. The van der Waals surface area contributed by atoms with Crippen molar-refractivity contribution in [1.82, 2.24) is 9.97 Å². The molecule has 0 unspecified atom stereocenters. The van der Waals surface area contributed by atoms with Crippen molar-refractivity contribution in [2.45, 2.75) is 0 Å². The number of aromatic nitrogens is 2. The Hall–Kier alpha value is -2.70. The van der Waals surface area contributed by atoms with Gasteiger partial charge in [-0.25, -0.2) is 4.98 Å². The highest BCUT2D eigenvalue weighted by atomic mass is 16.6. The van der Waals surface area contributed by atoms with E-state index >= 15 is 0 Å². The average molecular weight is 232 g/mol. The van der Waals surface area contributed by atoms with Gasteiger partial charge in [0.05, 0.1) is 16.5 Å². The van der Waals surface area contributed by atoms with Gasteiger partial charge in [-0.05, 0) is 17.7 Å². The van der Waals surface area contributed by atoms with E-state index in [4.69, 9.17) is 5.73 Å². The van der Waals surface area contributed by atoms with Crippen molar-refractivity contribution >= 4 is 28.7 Å². The summed E-state index contributed by atoms with van der Waals surface area (Å²) in [6.07, 6.45) is 5.38. The molecule has 0 aliphatic rings. The lowest BCUT2D eigenvalue weighted by Crippen LogP contribution is -2.05. The van der Waals surface area contributed by atoms with Crippen molar-refractivity contribution < 1.29 is 9.72 Å².